The second-order valence-corrected chi connectivity index (χ2v) is 5.25. The lowest BCUT2D eigenvalue weighted by Crippen LogP contribution is -2.30. The third kappa shape index (κ3) is 5.08. The van der Waals surface area contributed by atoms with Gasteiger partial charge >= 0.3 is 0 Å². The number of rotatable bonds is 5. The summed E-state index contributed by atoms with van der Waals surface area (Å²) in [5, 5.41) is 7.03. The first-order valence-electron chi connectivity index (χ1n) is 6.92. The molecule has 0 aliphatic rings. The van der Waals surface area contributed by atoms with Gasteiger partial charge in [-0.05, 0) is 55.4 Å². The molecular formula is C17H20N2OS. The summed E-state index contributed by atoms with van der Waals surface area (Å²) >= 11 is 5.28. The fourth-order valence-electron chi connectivity index (χ4n) is 1.92. The summed E-state index contributed by atoms with van der Waals surface area (Å²) in [6.45, 7) is 2.86. The van der Waals surface area contributed by atoms with Gasteiger partial charge in [0.2, 0.25) is 0 Å². The summed E-state index contributed by atoms with van der Waals surface area (Å²) in [5.41, 5.74) is 3.49. The van der Waals surface area contributed by atoms with Crippen molar-refractivity contribution in [2.24, 2.45) is 0 Å². The van der Waals surface area contributed by atoms with E-state index in [1.54, 1.807) is 7.11 Å². The van der Waals surface area contributed by atoms with Crippen LogP contribution in [-0.4, -0.2) is 18.8 Å². The van der Waals surface area contributed by atoms with E-state index in [1.165, 1.54) is 11.1 Å². The summed E-state index contributed by atoms with van der Waals surface area (Å²) in [5.74, 6) is 0.878. The number of benzene rings is 2. The molecule has 0 aliphatic heterocycles. The molecule has 0 radical (unpaired) electrons. The van der Waals surface area contributed by atoms with Crippen LogP contribution in [0.5, 0.6) is 5.75 Å². The molecule has 0 aliphatic carbocycles. The molecule has 4 heteroatoms. The zero-order valence-corrected chi connectivity index (χ0v) is 13.2. The lowest BCUT2D eigenvalue weighted by Gasteiger charge is -2.11. The van der Waals surface area contributed by atoms with Crippen molar-refractivity contribution in [3.63, 3.8) is 0 Å². The molecule has 21 heavy (non-hydrogen) atoms. The predicted octanol–water partition coefficient (Wildman–Crippen LogP) is 3.53. The van der Waals surface area contributed by atoms with Gasteiger partial charge in [-0.3, -0.25) is 0 Å². The number of anilines is 1. The Morgan fingerprint density at radius 1 is 1.05 bits per heavy atom. The van der Waals surface area contributed by atoms with Crippen LogP contribution < -0.4 is 15.4 Å². The Morgan fingerprint density at radius 3 is 2.33 bits per heavy atom. The molecule has 0 saturated heterocycles. The summed E-state index contributed by atoms with van der Waals surface area (Å²) < 4.78 is 5.14. The summed E-state index contributed by atoms with van der Waals surface area (Å²) in [6.07, 6.45) is 0.916. The Labute approximate surface area is 131 Å². The number of nitrogens with one attached hydrogen (secondary N) is 2. The average molecular weight is 300 g/mol. The van der Waals surface area contributed by atoms with E-state index in [9.17, 15) is 0 Å². The van der Waals surface area contributed by atoms with Crippen LogP contribution in [-0.2, 0) is 6.42 Å². The molecule has 2 aromatic rings. The molecule has 2 aromatic carbocycles. The van der Waals surface area contributed by atoms with E-state index in [0.717, 1.165) is 24.4 Å². The lowest BCUT2D eigenvalue weighted by atomic mass is 10.1. The normalized spacial score (nSPS) is 10.0. The Kier molecular flexibility index (Phi) is 5.58. The molecule has 0 atom stereocenters. The van der Waals surface area contributed by atoms with Crippen molar-refractivity contribution in [2.45, 2.75) is 13.3 Å². The Morgan fingerprint density at radius 2 is 1.71 bits per heavy atom. The molecule has 0 saturated carbocycles. The van der Waals surface area contributed by atoms with Crippen LogP contribution in [0.15, 0.2) is 48.5 Å². The van der Waals surface area contributed by atoms with Crippen LogP contribution in [0.1, 0.15) is 11.1 Å². The van der Waals surface area contributed by atoms with Gasteiger partial charge in [-0.2, -0.15) is 0 Å². The van der Waals surface area contributed by atoms with Gasteiger partial charge < -0.3 is 15.4 Å². The molecule has 2 N–H and O–H groups in total. The van der Waals surface area contributed by atoms with Gasteiger partial charge in [-0.25, -0.2) is 0 Å². The molecular weight excluding hydrogens is 280 g/mol. The highest BCUT2D eigenvalue weighted by Gasteiger charge is 1.98. The molecule has 0 bridgehead atoms. The van der Waals surface area contributed by atoms with Crippen LogP contribution in [0.4, 0.5) is 5.69 Å². The van der Waals surface area contributed by atoms with Crippen LogP contribution >= 0.6 is 12.2 Å². The van der Waals surface area contributed by atoms with Crippen LogP contribution in [0.2, 0.25) is 0 Å². The summed E-state index contributed by atoms with van der Waals surface area (Å²) in [4.78, 5) is 0. The van der Waals surface area contributed by atoms with E-state index < -0.39 is 0 Å². The van der Waals surface area contributed by atoms with E-state index in [1.807, 2.05) is 24.3 Å². The topological polar surface area (TPSA) is 33.3 Å². The van der Waals surface area contributed by atoms with E-state index in [-0.39, 0.29) is 0 Å². The molecule has 0 amide bonds. The van der Waals surface area contributed by atoms with Gasteiger partial charge in [0.25, 0.3) is 0 Å². The zero-order valence-electron chi connectivity index (χ0n) is 12.3. The SMILES string of the molecule is COc1ccc(CCNC(=S)Nc2ccc(C)cc2)cc1. The minimum absolute atomic E-state index is 0.646. The molecule has 0 unspecified atom stereocenters. The van der Waals surface area contributed by atoms with Crippen molar-refractivity contribution >= 4 is 23.0 Å². The van der Waals surface area contributed by atoms with E-state index >= 15 is 0 Å². The number of thiocarbonyl (C=S) groups is 1. The number of methoxy groups -OCH3 is 1. The first kappa shape index (κ1) is 15.3. The van der Waals surface area contributed by atoms with E-state index in [2.05, 4.69) is 41.8 Å². The molecule has 3 nitrogen and oxygen atoms in total. The second-order valence-electron chi connectivity index (χ2n) is 4.85. The number of hydrogen-bond acceptors (Lipinski definition) is 2. The lowest BCUT2D eigenvalue weighted by molar-refractivity contribution is 0.414. The third-order valence-electron chi connectivity index (χ3n) is 3.17. The van der Waals surface area contributed by atoms with Crippen molar-refractivity contribution in [1.29, 1.82) is 0 Å². The smallest absolute Gasteiger partial charge is 0.170 e. The van der Waals surface area contributed by atoms with E-state index in [0.29, 0.717) is 5.11 Å². The quantitative estimate of drug-likeness (QED) is 0.828. The maximum absolute atomic E-state index is 5.28. The third-order valence-corrected chi connectivity index (χ3v) is 3.41. The fraction of sp³-hybridized carbons (Fsp3) is 0.235. The molecule has 0 fully saturated rings. The van der Waals surface area contributed by atoms with Crippen molar-refractivity contribution in [2.75, 3.05) is 19.0 Å². The van der Waals surface area contributed by atoms with Gasteiger partial charge in [-0.15, -0.1) is 0 Å². The zero-order chi connectivity index (χ0) is 15.1. The standard InChI is InChI=1S/C17H20N2OS/c1-13-3-7-15(8-4-13)19-17(21)18-12-11-14-5-9-16(20-2)10-6-14/h3-10H,11-12H2,1-2H3,(H2,18,19,21). The summed E-state index contributed by atoms with van der Waals surface area (Å²) in [7, 11) is 1.67. The molecule has 110 valence electrons. The maximum atomic E-state index is 5.28. The van der Waals surface area contributed by atoms with Crippen LogP contribution in [0, 0.1) is 6.92 Å². The second kappa shape index (κ2) is 7.64. The van der Waals surface area contributed by atoms with Crippen LogP contribution in [0.25, 0.3) is 0 Å². The van der Waals surface area contributed by atoms with Gasteiger partial charge in [0.15, 0.2) is 5.11 Å². The Hall–Kier alpha value is -2.07. The largest absolute Gasteiger partial charge is 0.497 e. The molecule has 0 heterocycles. The van der Waals surface area contributed by atoms with Crippen molar-refractivity contribution in [1.82, 2.24) is 5.32 Å². The maximum Gasteiger partial charge on any atom is 0.170 e. The van der Waals surface area contributed by atoms with Gasteiger partial charge in [0.05, 0.1) is 7.11 Å². The predicted molar refractivity (Wildman–Crippen MR) is 92.1 cm³/mol. The number of hydrogen-bond donors (Lipinski definition) is 2. The first-order chi connectivity index (χ1) is 10.2. The molecule has 0 aromatic heterocycles. The number of aryl methyl sites for hydroxylation is 1. The van der Waals surface area contributed by atoms with Gasteiger partial charge in [0, 0.05) is 12.2 Å². The fourth-order valence-corrected chi connectivity index (χ4v) is 2.14. The molecule has 0 spiro atoms. The summed E-state index contributed by atoms with van der Waals surface area (Å²) in [6, 6.07) is 16.2. The highest BCUT2D eigenvalue weighted by Crippen LogP contribution is 2.11. The number of ether oxygens (including phenoxy) is 1. The van der Waals surface area contributed by atoms with Crippen molar-refractivity contribution in [3.05, 3.63) is 59.7 Å². The highest BCUT2D eigenvalue weighted by molar-refractivity contribution is 7.80. The van der Waals surface area contributed by atoms with Gasteiger partial charge in [0.1, 0.15) is 5.75 Å². The van der Waals surface area contributed by atoms with Crippen molar-refractivity contribution < 1.29 is 4.74 Å². The minimum atomic E-state index is 0.646. The first-order valence-corrected chi connectivity index (χ1v) is 7.32. The van der Waals surface area contributed by atoms with E-state index in [4.69, 9.17) is 17.0 Å². The van der Waals surface area contributed by atoms with Gasteiger partial charge in [-0.1, -0.05) is 29.8 Å². The van der Waals surface area contributed by atoms with Crippen LogP contribution in [0.3, 0.4) is 0 Å². The Balaban J connectivity index is 1.74. The van der Waals surface area contributed by atoms with Crippen molar-refractivity contribution in [3.8, 4) is 5.75 Å². The monoisotopic (exact) mass is 300 g/mol. The molecule has 2 rings (SSSR count). The highest BCUT2D eigenvalue weighted by atomic mass is 32.1. The minimum Gasteiger partial charge on any atom is -0.497 e. The Bertz CT molecular complexity index is 579. The average Bonchev–Trinajstić information content (AvgIpc) is 2.50.